The molecular formula is C18H22N4O3. The Bertz CT molecular complexity index is 885. The van der Waals surface area contributed by atoms with Gasteiger partial charge in [-0.25, -0.2) is 4.79 Å². The van der Waals surface area contributed by atoms with Crippen molar-refractivity contribution < 1.29 is 4.79 Å². The molecular weight excluding hydrogens is 320 g/mol. The number of carbonyl (C=O) groups excluding carboxylic acids is 1. The number of carbonyl (C=O) groups is 1. The van der Waals surface area contributed by atoms with Gasteiger partial charge in [0.05, 0.1) is 0 Å². The van der Waals surface area contributed by atoms with Crippen LogP contribution in [0.1, 0.15) is 23.6 Å². The van der Waals surface area contributed by atoms with Gasteiger partial charge < -0.3 is 9.88 Å². The van der Waals surface area contributed by atoms with Gasteiger partial charge in [0.1, 0.15) is 0 Å². The first-order valence-electron chi connectivity index (χ1n) is 8.28. The van der Waals surface area contributed by atoms with Crippen molar-refractivity contribution in [3.63, 3.8) is 0 Å². The second kappa shape index (κ2) is 7.06. The molecule has 0 saturated carbocycles. The van der Waals surface area contributed by atoms with E-state index in [0.29, 0.717) is 31.6 Å². The van der Waals surface area contributed by atoms with E-state index in [1.165, 1.54) is 11.6 Å². The van der Waals surface area contributed by atoms with Crippen molar-refractivity contribution in [3.05, 3.63) is 68.5 Å². The van der Waals surface area contributed by atoms with Gasteiger partial charge in [-0.1, -0.05) is 30.3 Å². The number of hydrogen-bond acceptors (Lipinski definition) is 4. The maximum Gasteiger partial charge on any atom is 0.330 e. The number of nitrogens with one attached hydrogen (secondary N) is 1. The highest BCUT2D eigenvalue weighted by Gasteiger charge is 2.27. The van der Waals surface area contributed by atoms with Gasteiger partial charge in [0.2, 0.25) is 5.91 Å². The van der Waals surface area contributed by atoms with Crippen LogP contribution in [0, 0.1) is 0 Å². The summed E-state index contributed by atoms with van der Waals surface area (Å²) >= 11 is 0. The number of aryl methyl sites for hydroxylation is 1. The molecule has 0 aliphatic carbocycles. The minimum atomic E-state index is -0.346. The van der Waals surface area contributed by atoms with E-state index < -0.39 is 0 Å². The molecule has 1 atom stereocenters. The SMILES string of the molecule is Cn1cc(CN2CCNC(=O)C[C@H]2c2ccccc2)c(=O)n(C)c1=O. The number of amides is 1. The lowest BCUT2D eigenvalue weighted by Crippen LogP contribution is -2.41. The third kappa shape index (κ3) is 3.56. The van der Waals surface area contributed by atoms with Gasteiger partial charge in [0.25, 0.3) is 5.56 Å². The summed E-state index contributed by atoms with van der Waals surface area (Å²) in [5.41, 5.74) is 0.945. The van der Waals surface area contributed by atoms with Gasteiger partial charge in [-0.2, -0.15) is 0 Å². The van der Waals surface area contributed by atoms with Crippen LogP contribution in [0.25, 0.3) is 0 Å². The molecule has 7 heteroatoms. The van der Waals surface area contributed by atoms with Crippen molar-refractivity contribution >= 4 is 5.91 Å². The van der Waals surface area contributed by atoms with E-state index in [1.54, 1.807) is 13.2 Å². The maximum atomic E-state index is 12.4. The Morgan fingerprint density at radius 1 is 1.12 bits per heavy atom. The van der Waals surface area contributed by atoms with Crippen molar-refractivity contribution in [1.29, 1.82) is 0 Å². The van der Waals surface area contributed by atoms with Crippen LogP contribution in [-0.2, 0) is 25.4 Å². The Balaban J connectivity index is 1.97. The Kier molecular flexibility index (Phi) is 4.85. The molecule has 1 aromatic carbocycles. The fourth-order valence-corrected chi connectivity index (χ4v) is 3.28. The quantitative estimate of drug-likeness (QED) is 0.861. The molecule has 1 saturated heterocycles. The van der Waals surface area contributed by atoms with E-state index >= 15 is 0 Å². The number of rotatable bonds is 3. The molecule has 25 heavy (non-hydrogen) atoms. The number of aromatic nitrogens is 2. The summed E-state index contributed by atoms with van der Waals surface area (Å²) in [4.78, 5) is 38.5. The summed E-state index contributed by atoms with van der Waals surface area (Å²) in [6, 6.07) is 9.71. The molecule has 1 N–H and O–H groups in total. The lowest BCUT2D eigenvalue weighted by molar-refractivity contribution is -0.121. The molecule has 3 rings (SSSR count). The normalized spacial score (nSPS) is 18.6. The highest BCUT2D eigenvalue weighted by Crippen LogP contribution is 2.26. The van der Waals surface area contributed by atoms with Crippen LogP contribution in [-0.4, -0.2) is 33.0 Å². The summed E-state index contributed by atoms with van der Waals surface area (Å²) in [6.07, 6.45) is 1.93. The summed E-state index contributed by atoms with van der Waals surface area (Å²) in [5, 5.41) is 2.89. The fraction of sp³-hybridized carbons (Fsp3) is 0.389. The number of nitrogens with zero attached hydrogens (tertiary/aromatic N) is 3. The van der Waals surface area contributed by atoms with Gasteiger partial charge in [0, 0.05) is 58.0 Å². The molecule has 0 spiro atoms. The Morgan fingerprint density at radius 3 is 2.56 bits per heavy atom. The summed E-state index contributed by atoms with van der Waals surface area (Å²) in [6.45, 7) is 1.56. The molecule has 2 heterocycles. The average molecular weight is 342 g/mol. The molecule has 1 amide bonds. The summed E-state index contributed by atoms with van der Waals surface area (Å²) < 4.78 is 2.53. The molecule has 2 aromatic rings. The van der Waals surface area contributed by atoms with E-state index in [2.05, 4.69) is 10.2 Å². The first-order chi connectivity index (χ1) is 12.0. The van der Waals surface area contributed by atoms with Crippen molar-refractivity contribution in [3.8, 4) is 0 Å². The van der Waals surface area contributed by atoms with Crippen LogP contribution < -0.4 is 16.6 Å². The molecule has 1 aliphatic rings. The van der Waals surface area contributed by atoms with Gasteiger partial charge in [0.15, 0.2) is 0 Å². The number of hydrogen-bond donors (Lipinski definition) is 1. The zero-order valence-corrected chi connectivity index (χ0v) is 14.4. The molecule has 1 fully saturated rings. The predicted molar refractivity (Wildman–Crippen MR) is 94.1 cm³/mol. The third-order valence-corrected chi connectivity index (χ3v) is 4.62. The van der Waals surface area contributed by atoms with Crippen molar-refractivity contribution in [2.75, 3.05) is 13.1 Å². The molecule has 1 aliphatic heterocycles. The van der Waals surface area contributed by atoms with E-state index in [0.717, 1.165) is 10.1 Å². The first kappa shape index (κ1) is 17.2. The predicted octanol–water partition coefficient (Wildman–Crippen LogP) is 0.147. The van der Waals surface area contributed by atoms with Crippen molar-refractivity contribution in [1.82, 2.24) is 19.4 Å². The Hall–Kier alpha value is -2.67. The highest BCUT2D eigenvalue weighted by molar-refractivity contribution is 5.77. The standard InChI is InChI=1S/C18H22N4O3/c1-20-11-14(17(24)21(2)18(20)25)12-22-9-8-19-16(23)10-15(22)13-6-4-3-5-7-13/h3-7,11,15H,8-10,12H2,1-2H3,(H,19,23)/t15-/m0/s1. The van der Waals surface area contributed by atoms with Crippen LogP contribution in [0.15, 0.2) is 46.1 Å². The van der Waals surface area contributed by atoms with Crippen LogP contribution in [0.3, 0.4) is 0 Å². The summed E-state index contributed by atoms with van der Waals surface area (Å²) in [7, 11) is 3.11. The average Bonchev–Trinajstić information content (AvgIpc) is 2.80. The van der Waals surface area contributed by atoms with Gasteiger partial charge in [-0.15, -0.1) is 0 Å². The molecule has 132 valence electrons. The second-order valence-electron chi connectivity index (χ2n) is 6.36. The lowest BCUT2D eigenvalue weighted by Gasteiger charge is -2.29. The summed E-state index contributed by atoms with van der Waals surface area (Å²) in [5.74, 6) is 0.00437. The van der Waals surface area contributed by atoms with Crippen LogP contribution in [0.4, 0.5) is 0 Å². The largest absolute Gasteiger partial charge is 0.355 e. The Morgan fingerprint density at radius 2 is 1.84 bits per heavy atom. The topological polar surface area (TPSA) is 76.3 Å². The third-order valence-electron chi connectivity index (χ3n) is 4.62. The molecule has 0 bridgehead atoms. The lowest BCUT2D eigenvalue weighted by atomic mass is 10.0. The van der Waals surface area contributed by atoms with E-state index in [-0.39, 0.29) is 23.2 Å². The Labute approximate surface area is 145 Å². The van der Waals surface area contributed by atoms with Gasteiger partial charge in [-0.05, 0) is 5.56 Å². The molecule has 7 nitrogen and oxygen atoms in total. The van der Waals surface area contributed by atoms with Crippen molar-refractivity contribution in [2.45, 2.75) is 19.0 Å². The highest BCUT2D eigenvalue weighted by atomic mass is 16.2. The van der Waals surface area contributed by atoms with Gasteiger partial charge >= 0.3 is 5.69 Å². The van der Waals surface area contributed by atoms with Crippen LogP contribution in [0.5, 0.6) is 0 Å². The monoisotopic (exact) mass is 342 g/mol. The smallest absolute Gasteiger partial charge is 0.330 e. The minimum Gasteiger partial charge on any atom is -0.355 e. The van der Waals surface area contributed by atoms with E-state index in [1.807, 2.05) is 30.3 Å². The molecule has 0 radical (unpaired) electrons. The second-order valence-corrected chi connectivity index (χ2v) is 6.36. The zero-order valence-electron chi connectivity index (χ0n) is 14.4. The zero-order chi connectivity index (χ0) is 18.0. The van der Waals surface area contributed by atoms with Crippen molar-refractivity contribution in [2.24, 2.45) is 14.1 Å². The molecule has 1 aromatic heterocycles. The van der Waals surface area contributed by atoms with Gasteiger partial charge in [-0.3, -0.25) is 19.1 Å². The van der Waals surface area contributed by atoms with Crippen LogP contribution >= 0.6 is 0 Å². The minimum absolute atomic E-state index is 0.00437. The first-order valence-corrected chi connectivity index (χ1v) is 8.28. The van der Waals surface area contributed by atoms with E-state index in [4.69, 9.17) is 0 Å². The maximum absolute atomic E-state index is 12.4. The fourth-order valence-electron chi connectivity index (χ4n) is 3.28. The van der Waals surface area contributed by atoms with Crippen LogP contribution in [0.2, 0.25) is 0 Å². The molecule has 0 unspecified atom stereocenters. The van der Waals surface area contributed by atoms with E-state index in [9.17, 15) is 14.4 Å². The number of benzene rings is 1.